The highest BCUT2D eigenvalue weighted by Crippen LogP contribution is 2.38. The van der Waals surface area contributed by atoms with Gasteiger partial charge in [0.05, 0.1) is 23.2 Å². The van der Waals surface area contributed by atoms with E-state index in [-0.39, 0.29) is 42.5 Å². The number of nitriles is 1. The number of hydrogen-bond donors (Lipinski definition) is 1. The zero-order chi connectivity index (χ0) is 22.2. The second kappa shape index (κ2) is 8.22. The van der Waals surface area contributed by atoms with Gasteiger partial charge in [-0.1, -0.05) is 19.8 Å². The highest BCUT2D eigenvalue weighted by atomic mass is 32.2. The molecule has 2 heterocycles. The van der Waals surface area contributed by atoms with E-state index in [9.17, 15) is 18.0 Å². The van der Waals surface area contributed by atoms with Crippen molar-refractivity contribution in [2.45, 2.75) is 43.0 Å². The molecule has 4 rings (SSSR count). The fourth-order valence-electron chi connectivity index (χ4n) is 4.79. The summed E-state index contributed by atoms with van der Waals surface area (Å²) < 4.78 is 27.2. The van der Waals surface area contributed by atoms with Gasteiger partial charge in [0.25, 0.3) is 5.91 Å². The highest BCUT2D eigenvalue weighted by Gasteiger charge is 2.55. The average molecular weight is 446 g/mol. The number of nitrogens with zero attached hydrogens (tertiary/aromatic N) is 4. The molecule has 0 bridgehead atoms. The number of urea groups is 1. The van der Waals surface area contributed by atoms with E-state index in [1.54, 1.807) is 0 Å². The monoisotopic (exact) mass is 445 g/mol. The highest BCUT2D eigenvalue weighted by molar-refractivity contribution is 7.89. The Balaban J connectivity index is 1.38. The van der Waals surface area contributed by atoms with Crippen molar-refractivity contribution in [3.63, 3.8) is 0 Å². The van der Waals surface area contributed by atoms with Crippen LogP contribution < -0.4 is 5.32 Å². The molecule has 0 unspecified atom stereocenters. The van der Waals surface area contributed by atoms with E-state index in [1.165, 1.54) is 33.5 Å². The summed E-state index contributed by atoms with van der Waals surface area (Å²) in [5, 5.41) is 11.8. The Bertz CT molecular complexity index is 1010. The maximum absolute atomic E-state index is 13.1. The second-order valence-electron chi connectivity index (χ2n) is 8.58. The summed E-state index contributed by atoms with van der Waals surface area (Å²) in [4.78, 5) is 29.1. The molecular weight excluding hydrogens is 418 g/mol. The van der Waals surface area contributed by atoms with Gasteiger partial charge in [-0.15, -0.1) is 0 Å². The van der Waals surface area contributed by atoms with E-state index in [1.807, 2.05) is 17.9 Å². The second-order valence-corrected chi connectivity index (χ2v) is 10.5. The third kappa shape index (κ3) is 3.82. The number of benzene rings is 1. The predicted octanol–water partition coefficient (Wildman–Crippen LogP) is 1.32. The fourth-order valence-corrected chi connectivity index (χ4v) is 6.21. The smallest absolute Gasteiger partial charge is 0.323 e. The van der Waals surface area contributed by atoms with Crippen LogP contribution in [-0.2, 0) is 14.8 Å². The van der Waals surface area contributed by atoms with Crippen molar-refractivity contribution in [2.24, 2.45) is 5.92 Å². The molecule has 1 aliphatic carbocycles. The standard InChI is InChI=1S/C21H27N5O4S/c1-16-4-2-3-9-21(16)19(27)26(20(28)23-21)15-24-10-12-25(13-11-24)31(29,30)18-7-5-17(14-22)6-8-18/h5-8,16H,2-4,9-13,15H2,1H3,(H,23,28)/t16-,21-/m1/s1. The lowest BCUT2D eigenvalue weighted by Crippen LogP contribution is -2.55. The van der Waals surface area contributed by atoms with Gasteiger partial charge in [0.15, 0.2) is 0 Å². The molecule has 2 saturated heterocycles. The topological polar surface area (TPSA) is 114 Å². The molecule has 0 radical (unpaired) electrons. The van der Waals surface area contributed by atoms with Crippen LogP contribution in [0.3, 0.4) is 0 Å². The van der Waals surface area contributed by atoms with Crippen LogP contribution in [0.25, 0.3) is 0 Å². The molecule has 10 heteroatoms. The molecule has 1 saturated carbocycles. The van der Waals surface area contributed by atoms with E-state index in [0.717, 1.165) is 19.3 Å². The Kier molecular flexibility index (Phi) is 5.77. The molecule has 3 aliphatic rings. The lowest BCUT2D eigenvalue weighted by Gasteiger charge is -2.38. The number of piperazine rings is 1. The number of imide groups is 1. The van der Waals surface area contributed by atoms with Crippen LogP contribution in [0.4, 0.5) is 4.79 Å². The lowest BCUT2D eigenvalue weighted by atomic mass is 9.73. The molecule has 2 atom stereocenters. The van der Waals surface area contributed by atoms with Gasteiger partial charge in [-0.2, -0.15) is 9.57 Å². The molecule has 0 aromatic heterocycles. The molecule has 1 aromatic carbocycles. The third-order valence-electron chi connectivity index (χ3n) is 6.80. The first kappa shape index (κ1) is 21.7. The van der Waals surface area contributed by atoms with Crippen LogP contribution in [0.5, 0.6) is 0 Å². The van der Waals surface area contributed by atoms with Crippen molar-refractivity contribution in [1.29, 1.82) is 5.26 Å². The third-order valence-corrected chi connectivity index (χ3v) is 8.71. The van der Waals surface area contributed by atoms with Crippen molar-refractivity contribution in [2.75, 3.05) is 32.8 Å². The Morgan fingerprint density at radius 2 is 1.81 bits per heavy atom. The number of sulfonamides is 1. The number of amides is 3. The van der Waals surface area contributed by atoms with Crippen LogP contribution >= 0.6 is 0 Å². The Morgan fingerprint density at radius 3 is 2.42 bits per heavy atom. The van der Waals surface area contributed by atoms with E-state index < -0.39 is 15.6 Å². The number of hydrogen-bond acceptors (Lipinski definition) is 6. The molecule has 1 spiro atoms. The van der Waals surface area contributed by atoms with Crippen molar-refractivity contribution in [3.05, 3.63) is 29.8 Å². The minimum absolute atomic E-state index is 0.108. The van der Waals surface area contributed by atoms with Crippen LogP contribution in [0.2, 0.25) is 0 Å². The van der Waals surface area contributed by atoms with Gasteiger partial charge in [0, 0.05) is 26.2 Å². The lowest BCUT2D eigenvalue weighted by molar-refractivity contribution is -0.135. The fraction of sp³-hybridized carbons (Fsp3) is 0.571. The van der Waals surface area contributed by atoms with Gasteiger partial charge in [0.2, 0.25) is 10.0 Å². The van der Waals surface area contributed by atoms with E-state index in [4.69, 9.17) is 5.26 Å². The summed E-state index contributed by atoms with van der Waals surface area (Å²) >= 11 is 0. The quantitative estimate of drug-likeness (QED) is 0.700. The molecule has 2 aliphatic heterocycles. The molecule has 3 fully saturated rings. The minimum Gasteiger partial charge on any atom is -0.323 e. The van der Waals surface area contributed by atoms with Gasteiger partial charge < -0.3 is 5.32 Å². The molecule has 9 nitrogen and oxygen atoms in total. The average Bonchev–Trinajstić information content (AvgIpc) is 3.01. The maximum Gasteiger partial charge on any atom is 0.326 e. The van der Waals surface area contributed by atoms with Crippen molar-refractivity contribution in [3.8, 4) is 6.07 Å². The molecule has 1 N–H and O–H groups in total. The largest absolute Gasteiger partial charge is 0.326 e. The molecular formula is C21H27N5O4S. The summed E-state index contributed by atoms with van der Waals surface area (Å²) in [6.07, 6.45) is 3.59. The van der Waals surface area contributed by atoms with Gasteiger partial charge >= 0.3 is 6.03 Å². The van der Waals surface area contributed by atoms with Gasteiger partial charge in [-0.25, -0.2) is 18.1 Å². The Morgan fingerprint density at radius 1 is 1.13 bits per heavy atom. The molecule has 3 amide bonds. The van der Waals surface area contributed by atoms with Crippen molar-refractivity contribution in [1.82, 2.24) is 19.4 Å². The first-order chi connectivity index (χ1) is 14.8. The zero-order valence-electron chi connectivity index (χ0n) is 17.6. The Labute approximate surface area is 182 Å². The van der Waals surface area contributed by atoms with Crippen molar-refractivity contribution >= 4 is 22.0 Å². The molecule has 1 aromatic rings. The van der Waals surface area contributed by atoms with Crippen LogP contribution in [-0.4, -0.2) is 72.8 Å². The zero-order valence-corrected chi connectivity index (χ0v) is 18.4. The number of rotatable bonds is 4. The number of nitrogens with one attached hydrogen (secondary N) is 1. The van der Waals surface area contributed by atoms with E-state index in [0.29, 0.717) is 25.1 Å². The molecule has 31 heavy (non-hydrogen) atoms. The maximum atomic E-state index is 13.1. The number of carbonyl (C=O) groups is 2. The van der Waals surface area contributed by atoms with Crippen LogP contribution in [0.1, 0.15) is 38.2 Å². The van der Waals surface area contributed by atoms with E-state index >= 15 is 0 Å². The summed E-state index contributed by atoms with van der Waals surface area (Å²) in [7, 11) is -3.65. The van der Waals surface area contributed by atoms with Gasteiger partial charge in [-0.3, -0.25) is 9.69 Å². The van der Waals surface area contributed by atoms with Gasteiger partial charge in [0.1, 0.15) is 5.54 Å². The minimum atomic E-state index is -3.65. The normalized spacial score (nSPS) is 28.0. The van der Waals surface area contributed by atoms with Crippen LogP contribution in [0.15, 0.2) is 29.2 Å². The summed E-state index contributed by atoms with van der Waals surface area (Å²) in [5.41, 5.74) is -0.377. The number of carbonyl (C=O) groups excluding carboxylic acids is 2. The van der Waals surface area contributed by atoms with Crippen LogP contribution in [0, 0.1) is 17.2 Å². The summed E-state index contributed by atoms with van der Waals surface area (Å²) in [5.74, 6) is -0.0468. The van der Waals surface area contributed by atoms with Crippen molar-refractivity contribution < 1.29 is 18.0 Å². The first-order valence-corrected chi connectivity index (χ1v) is 12.1. The SMILES string of the molecule is C[C@@H]1CCCC[C@@]12NC(=O)N(CN1CCN(S(=O)(=O)c3ccc(C#N)cc3)CC1)C2=O. The Hall–Kier alpha value is -2.48. The first-order valence-electron chi connectivity index (χ1n) is 10.6. The molecule has 166 valence electrons. The van der Waals surface area contributed by atoms with E-state index in [2.05, 4.69) is 5.32 Å². The van der Waals surface area contributed by atoms with Gasteiger partial charge in [-0.05, 0) is 43.0 Å². The predicted molar refractivity (Wildman–Crippen MR) is 112 cm³/mol. The summed E-state index contributed by atoms with van der Waals surface area (Å²) in [6, 6.07) is 7.48. The summed E-state index contributed by atoms with van der Waals surface area (Å²) in [6.45, 7) is 3.59.